The van der Waals surface area contributed by atoms with E-state index >= 15 is 0 Å². The van der Waals surface area contributed by atoms with E-state index in [0.717, 1.165) is 24.1 Å². The number of aryl methyl sites for hydroxylation is 1. The van der Waals surface area contributed by atoms with E-state index in [4.69, 9.17) is 0 Å². The van der Waals surface area contributed by atoms with Gasteiger partial charge in [0, 0.05) is 18.3 Å². The largest absolute Gasteiger partial charge is 0.478 e. The summed E-state index contributed by atoms with van der Waals surface area (Å²) in [5.74, 6) is -0.294. The van der Waals surface area contributed by atoms with E-state index in [9.17, 15) is 9.90 Å². The molecule has 5 nitrogen and oxygen atoms in total. The average molecular weight is 281 g/mol. The van der Waals surface area contributed by atoms with Crippen LogP contribution in [0.25, 0.3) is 22.6 Å². The highest BCUT2D eigenvalue weighted by Gasteiger charge is 2.18. The van der Waals surface area contributed by atoms with Gasteiger partial charge in [-0.25, -0.2) is 14.8 Å². The van der Waals surface area contributed by atoms with Gasteiger partial charge in [0.05, 0.1) is 5.56 Å². The number of carboxylic acid groups (broad SMARTS) is 1. The first-order valence-electron chi connectivity index (χ1n) is 6.86. The van der Waals surface area contributed by atoms with Crippen LogP contribution in [0.1, 0.15) is 23.7 Å². The average Bonchev–Trinajstić information content (AvgIpc) is 2.86. The minimum absolute atomic E-state index is 0.255. The fourth-order valence-electron chi connectivity index (χ4n) is 2.46. The third-order valence-electron chi connectivity index (χ3n) is 3.35. The summed E-state index contributed by atoms with van der Waals surface area (Å²) in [6.07, 6.45) is 2.65. The Morgan fingerprint density at radius 1 is 1.24 bits per heavy atom. The van der Waals surface area contributed by atoms with Crippen molar-refractivity contribution in [3.63, 3.8) is 0 Å². The van der Waals surface area contributed by atoms with Crippen LogP contribution in [-0.4, -0.2) is 25.6 Å². The Balaban J connectivity index is 2.30. The number of nitrogens with zero attached hydrogens (tertiary/aromatic N) is 3. The Bertz CT molecular complexity index is 808. The number of carboxylic acids is 1. The third-order valence-corrected chi connectivity index (χ3v) is 3.35. The van der Waals surface area contributed by atoms with Crippen molar-refractivity contribution >= 4 is 17.1 Å². The second-order valence-corrected chi connectivity index (χ2v) is 4.78. The van der Waals surface area contributed by atoms with Gasteiger partial charge in [-0.15, -0.1) is 0 Å². The second-order valence-electron chi connectivity index (χ2n) is 4.78. The smallest absolute Gasteiger partial charge is 0.336 e. The molecule has 1 aromatic carbocycles. The number of aromatic nitrogens is 3. The molecule has 0 fully saturated rings. The first kappa shape index (κ1) is 13.3. The maximum absolute atomic E-state index is 11.4. The second kappa shape index (κ2) is 5.36. The first-order chi connectivity index (χ1) is 10.2. The zero-order valence-corrected chi connectivity index (χ0v) is 11.7. The SMILES string of the molecule is CCCn1c(-c2ccccc2C(=O)O)nc2cccnc21. The molecule has 2 heterocycles. The minimum Gasteiger partial charge on any atom is -0.478 e. The maximum atomic E-state index is 11.4. The Labute approximate surface area is 121 Å². The molecule has 0 atom stereocenters. The van der Waals surface area contributed by atoms with Crippen molar-refractivity contribution in [3.8, 4) is 11.4 Å². The lowest BCUT2D eigenvalue weighted by Crippen LogP contribution is -2.05. The van der Waals surface area contributed by atoms with Crippen molar-refractivity contribution < 1.29 is 9.90 Å². The van der Waals surface area contributed by atoms with Crippen LogP contribution in [0.3, 0.4) is 0 Å². The Kier molecular flexibility index (Phi) is 3.39. The van der Waals surface area contributed by atoms with Gasteiger partial charge in [0.25, 0.3) is 0 Å². The Hall–Kier alpha value is -2.69. The van der Waals surface area contributed by atoms with E-state index in [-0.39, 0.29) is 5.56 Å². The summed E-state index contributed by atoms with van der Waals surface area (Å²) in [6, 6.07) is 10.7. The van der Waals surface area contributed by atoms with Gasteiger partial charge < -0.3 is 9.67 Å². The summed E-state index contributed by atoms with van der Waals surface area (Å²) in [6.45, 7) is 2.82. The van der Waals surface area contributed by atoms with Gasteiger partial charge in [-0.1, -0.05) is 25.1 Å². The summed E-state index contributed by atoms with van der Waals surface area (Å²) in [7, 11) is 0. The Morgan fingerprint density at radius 2 is 2.05 bits per heavy atom. The molecule has 2 aromatic heterocycles. The first-order valence-corrected chi connectivity index (χ1v) is 6.86. The lowest BCUT2D eigenvalue weighted by atomic mass is 10.1. The van der Waals surface area contributed by atoms with E-state index in [2.05, 4.69) is 16.9 Å². The normalized spacial score (nSPS) is 10.9. The summed E-state index contributed by atoms with van der Waals surface area (Å²) in [5.41, 5.74) is 2.44. The number of benzene rings is 1. The van der Waals surface area contributed by atoms with Crippen LogP contribution in [0.5, 0.6) is 0 Å². The zero-order valence-electron chi connectivity index (χ0n) is 11.7. The van der Waals surface area contributed by atoms with Crippen molar-refractivity contribution in [1.82, 2.24) is 14.5 Å². The van der Waals surface area contributed by atoms with Crippen molar-refractivity contribution in [2.45, 2.75) is 19.9 Å². The number of pyridine rings is 1. The molecular formula is C16H15N3O2. The number of imidazole rings is 1. The van der Waals surface area contributed by atoms with Crippen LogP contribution in [0.2, 0.25) is 0 Å². The zero-order chi connectivity index (χ0) is 14.8. The molecule has 3 rings (SSSR count). The number of hydrogen-bond acceptors (Lipinski definition) is 3. The molecule has 21 heavy (non-hydrogen) atoms. The standard InChI is InChI=1S/C16H15N3O2/c1-2-10-19-14(18-13-8-5-9-17-15(13)19)11-6-3-4-7-12(11)16(20)21/h3-9H,2,10H2,1H3,(H,20,21). The predicted molar refractivity (Wildman–Crippen MR) is 80.2 cm³/mol. The molecular weight excluding hydrogens is 266 g/mol. The van der Waals surface area contributed by atoms with Gasteiger partial charge in [0.2, 0.25) is 0 Å². The van der Waals surface area contributed by atoms with E-state index in [1.54, 1.807) is 24.4 Å². The molecule has 0 amide bonds. The molecule has 3 aromatic rings. The van der Waals surface area contributed by atoms with Crippen LogP contribution in [0.4, 0.5) is 0 Å². The highest BCUT2D eigenvalue weighted by molar-refractivity contribution is 5.95. The molecule has 0 bridgehead atoms. The lowest BCUT2D eigenvalue weighted by molar-refractivity contribution is 0.0697. The topological polar surface area (TPSA) is 68.0 Å². The molecule has 0 saturated carbocycles. The van der Waals surface area contributed by atoms with E-state index in [1.165, 1.54) is 0 Å². The highest BCUT2D eigenvalue weighted by atomic mass is 16.4. The molecule has 1 N–H and O–H groups in total. The fraction of sp³-hybridized carbons (Fsp3) is 0.188. The summed E-state index contributed by atoms with van der Waals surface area (Å²) < 4.78 is 1.98. The number of hydrogen-bond donors (Lipinski definition) is 1. The maximum Gasteiger partial charge on any atom is 0.336 e. The molecule has 106 valence electrons. The van der Waals surface area contributed by atoms with Gasteiger partial charge in [0.1, 0.15) is 11.3 Å². The van der Waals surface area contributed by atoms with Crippen molar-refractivity contribution in [3.05, 3.63) is 48.2 Å². The van der Waals surface area contributed by atoms with E-state index in [1.807, 2.05) is 22.8 Å². The minimum atomic E-state index is -0.950. The quantitative estimate of drug-likeness (QED) is 0.797. The van der Waals surface area contributed by atoms with Gasteiger partial charge in [-0.2, -0.15) is 0 Å². The summed E-state index contributed by atoms with van der Waals surface area (Å²) in [5, 5.41) is 9.37. The monoisotopic (exact) mass is 281 g/mol. The van der Waals surface area contributed by atoms with Crippen LogP contribution in [0.15, 0.2) is 42.6 Å². The predicted octanol–water partition coefficient (Wildman–Crippen LogP) is 3.21. The molecule has 0 radical (unpaired) electrons. The third kappa shape index (κ3) is 2.27. The Morgan fingerprint density at radius 3 is 2.81 bits per heavy atom. The molecule has 0 saturated heterocycles. The van der Waals surface area contributed by atoms with Gasteiger partial charge in [0.15, 0.2) is 5.65 Å². The number of aromatic carboxylic acids is 1. The fourth-order valence-corrected chi connectivity index (χ4v) is 2.46. The van der Waals surface area contributed by atoms with Gasteiger partial charge >= 0.3 is 5.97 Å². The molecule has 0 spiro atoms. The van der Waals surface area contributed by atoms with Crippen molar-refractivity contribution in [2.24, 2.45) is 0 Å². The lowest BCUT2D eigenvalue weighted by Gasteiger charge is -2.09. The van der Waals surface area contributed by atoms with Gasteiger partial charge in [-0.05, 0) is 24.6 Å². The van der Waals surface area contributed by atoms with Crippen LogP contribution in [0, 0.1) is 0 Å². The van der Waals surface area contributed by atoms with Crippen LogP contribution >= 0.6 is 0 Å². The van der Waals surface area contributed by atoms with Crippen LogP contribution < -0.4 is 0 Å². The molecule has 0 aliphatic heterocycles. The molecule has 0 aliphatic rings. The van der Waals surface area contributed by atoms with E-state index < -0.39 is 5.97 Å². The molecule has 0 unspecified atom stereocenters. The van der Waals surface area contributed by atoms with Gasteiger partial charge in [-0.3, -0.25) is 0 Å². The number of rotatable bonds is 4. The molecule has 5 heteroatoms. The van der Waals surface area contributed by atoms with Crippen molar-refractivity contribution in [2.75, 3.05) is 0 Å². The summed E-state index contributed by atoms with van der Waals surface area (Å²) in [4.78, 5) is 20.4. The summed E-state index contributed by atoms with van der Waals surface area (Å²) >= 11 is 0. The number of carbonyl (C=O) groups is 1. The van der Waals surface area contributed by atoms with Crippen LogP contribution in [-0.2, 0) is 6.54 Å². The van der Waals surface area contributed by atoms with Crippen molar-refractivity contribution in [1.29, 1.82) is 0 Å². The molecule has 0 aliphatic carbocycles. The highest BCUT2D eigenvalue weighted by Crippen LogP contribution is 2.26. The number of fused-ring (bicyclic) bond motifs is 1. The van der Waals surface area contributed by atoms with E-state index in [0.29, 0.717) is 11.4 Å².